The first kappa shape index (κ1) is 47.8. The van der Waals surface area contributed by atoms with Gasteiger partial charge in [0, 0.05) is 90.2 Å². The van der Waals surface area contributed by atoms with Crippen molar-refractivity contribution in [2.45, 2.75) is 51.1 Å². The summed E-state index contributed by atoms with van der Waals surface area (Å²) < 4.78 is 37.2. The standard InChI is InChI=1S/C50H59FN12O8/c51-41-28-39-40(49(68)62(48(39)67)43-8-9-45(64)55-47(43)66)29-44(41)59-19-17-58(18-20-59)32-34-10-15-60(16-11-34)46(65)12-23-69-26-27-70-24-21-57-13-1-14-61-33-36(30-53-61)54-50-52-31-37-4-7-42(63(37)56-50)35-2-5-38(6-3-35)71-25-22-57/h2-7,28-31,33-34,43H,1,8-27,32H2,(H,54,56)(H,55,64,66). The van der Waals surface area contributed by atoms with Crippen molar-refractivity contribution in [1.29, 1.82) is 0 Å². The van der Waals surface area contributed by atoms with Gasteiger partial charge in [-0.25, -0.2) is 13.9 Å². The minimum atomic E-state index is -1.11. The Morgan fingerprint density at radius 3 is 2.35 bits per heavy atom. The van der Waals surface area contributed by atoms with Gasteiger partial charge in [0.1, 0.15) is 24.2 Å². The molecule has 9 heterocycles. The number of hydrogen-bond donors (Lipinski definition) is 2. The summed E-state index contributed by atoms with van der Waals surface area (Å²) in [5.74, 6) is -1.33. The molecule has 374 valence electrons. The van der Waals surface area contributed by atoms with Crippen LogP contribution >= 0.6 is 0 Å². The molecule has 1 atom stereocenters. The molecule has 6 bridgehead atoms. The van der Waals surface area contributed by atoms with E-state index >= 15 is 4.39 Å². The normalized spacial score (nSPS) is 19.7. The highest BCUT2D eigenvalue weighted by molar-refractivity contribution is 6.23. The molecule has 5 amide bonds. The van der Waals surface area contributed by atoms with Crippen molar-refractivity contribution in [1.82, 2.24) is 49.3 Å². The van der Waals surface area contributed by atoms with E-state index in [2.05, 4.69) is 30.5 Å². The van der Waals surface area contributed by atoms with Crippen LogP contribution in [0.5, 0.6) is 5.75 Å². The lowest BCUT2D eigenvalue weighted by atomic mass is 9.95. The summed E-state index contributed by atoms with van der Waals surface area (Å²) >= 11 is 0. The number of fused-ring (bicyclic) bond motifs is 9. The van der Waals surface area contributed by atoms with Crippen molar-refractivity contribution >= 4 is 52.4 Å². The van der Waals surface area contributed by atoms with E-state index in [1.807, 2.05) is 61.6 Å². The monoisotopic (exact) mass is 974 g/mol. The number of imide groups is 2. The molecule has 2 aromatic carbocycles. The quantitative estimate of drug-likeness (QED) is 0.128. The van der Waals surface area contributed by atoms with Gasteiger partial charge in [-0.2, -0.15) is 5.10 Å². The topological polar surface area (TPSA) is 201 Å². The maximum atomic E-state index is 15.5. The Morgan fingerprint density at radius 1 is 0.789 bits per heavy atom. The third-order valence-corrected chi connectivity index (χ3v) is 14.1. The van der Waals surface area contributed by atoms with Crippen molar-refractivity contribution in [3.05, 3.63) is 84.1 Å². The fraction of sp³-hybridized carbons (Fsp3) is 0.480. The molecular weight excluding hydrogens is 916 g/mol. The van der Waals surface area contributed by atoms with Crippen molar-refractivity contribution in [2.24, 2.45) is 5.92 Å². The molecule has 11 rings (SSSR count). The zero-order valence-electron chi connectivity index (χ0n) is 39.7. The molecule has 5 aromatic rings. The van der Waals surface area contributed by atoms with Gasteiger partial charge in [0.15, 0.2) is 0 Å². The minimum Gasteiger partial charge on any atom is -0.492 e. The van der Waals surface area contributed by atoms with E-state index in [4.69, 9.17) is 19.3 Å². The number of likely N-dealkylation sites (tertiary alicyclic amines) is 1. The predicted molar refractivity (Wildman–Crippen MR) is 258 cm³/mol. The lowest BCUT2D eigenvalue weighted by Crippen LogP contribution is -2.54. The summed E-state index contributed by atoms with van der Waals surface area (Å²) in [4.78, 5) is 77.5. The van der Waals surface area contributed by atoms with Gasteiger partial charge >= 0.3 is 0 Å². The molecule has 3 saturated heterocycles. The van der Waals surface area contributed by atoms with E-state index in [1.165, 1.54) is 6.07 Å². The number of anilines is 3. The highest BCUT2D eigenvalue weighted by Crippen LogP contribution is 2.34. The van der Waals surface area contributed by atoms with Gasteiger partial charge in [0.2, 0.25) is 23.7 Å². The number of nitrogens with zero attached hydrogens (tertiary/aromatic N) is 10. The average molecular weight is 975 g/mol. The van der Waals surface area contributed by atoms with Crippen LogP contribution in [-0.2, 0) is 30.4 Å². The van der Waals surface area contributed by atoms with E-state index in [0.717, 1.165) is 91.2 Å². The van der Waals surface area contributed by atoms with E-state index in [-0.39, 0.29) is 35.6 Å². The molecular formula is C50H59FN12O8. The number of carbonyl (C=O) groups excluding carboxylic acids is 5. The number of ether oxygens (including phenoxy) is 3. The fourth-order valence-electron chi connectivity index (χ4n) is 10.1. The molecule has 2 N–H and O–H groups in total. The van der Waals surface area contributed by atoms with Crippen molar-refractivity contribution in [2.75, 3.05) is 109 Å². The molecule has 0 aliphatic carbocycles. The number of rotatable bonds is 13. The van der Waals surface area contributed by atoms with E-state index in [1.54, 1.807) is 12.4 Å². The molecule has 3 aromatic heterocycles. The van der Waals surface area contributed by atoms with Gasteiger partial charge in [-0.3, -0.25) is 48.7 Å². The number of carbonyl (C=O) groups is 5. The van der Waals surface area contributed by atoms with Crippen LogP contribution in [0.3, 0.4) is 0 Å². The van der Waals surface area contributed by atoms with Crippen LogP contribution in [0, 0.1) is 11.7 Å². The summed E-state index contributed by atoms with van der Waals surface area (Å²) in [5, 5.41) is 14.7. The van der Waals surface area contributed by atoms with Gasteiger partial charge < -0.3 is 29.3 Å². The van der Waals surface area contributed by atoms with Crippen LogP contribution < -0.4 is 20.3 Å². The maximum Gasteiger partial charge on any atom is 0.262 e. The predicted octanol–water partition coefficient (Wildman–Crippen LogP) is 3.45. The van der Waals surface area contributed by atoms with Crippen LogP contribution in [-0.4, -0.2) is 178 Å². The molecule has 0 radical (unpaired) electrons. The molecule has 71 heavy (non-hydrogen) atoms. The van der Waals surface area contributed by atoms with Crippen LogP contribution in [0.1, 0.15) is 59.2 Å². The Hall–Kier alpha value is -6.81. The summed E-state index contributed by atoms with van der Waals surface area (Å²) in [6.07, 6.45) is 8.60. The molecule has 1 unspecified atom stereocenters. The first-order valence-corrected chi connectivity index (χ1v) is 24.7. The number of aromatic nitrogens is 5. The van der Waals surface area contributed by atoms with Gasteiger partial charge in [0.25, 0.3) is 11.8 Å². The highest BCUT2D eigenvalue weighted by atomic mass is 19.1. The minimum absolute atomic E-state index is 0.0114. The smallest absolute Gasteiger partial charge is 0.262 e. The SMILES string of the molecule is O=C1CCC(N2C(=O)c3cc(F)c(N4CCN(CC5CCN(C(=O)CCOCCOCCN6CCCn7cc(cn7)Nc7ncc8ccc(n8n7)-c7ccc(cc7)OCC6)CC5)CC4)cc3C2=O)C(=O)N1. The molecule has 0 spiro atoms. The summed E-state index contributed by atoms with van der Waals surface area (Å²) in [6.45, 7) is 10.0. The van der Waals surface area contributed by atoms with Crippen molar-refractivity contribution < 1.29 is 42.6 Å². The summed E-state index contributed by atoms with van der Waals surface area (Å²) in [6, 6.07) is 13.5. The Labute approximate surface area is 410 Å². The van der Waals surface area contributed by atoms with E-state index in [9.17, 15) is 24.0 Å². The molecule has 6 aliphatic rings. The maximum absolute atomic E-state index is 15.5. The van der Waals surface area contributed by atoms with Crippen LogP contribution in [0.25, 0.3) is 16.8 Å². The third kappa shape index (κ3) is 11.1. The lowest BCUT2D eigenvalue weighted by molar-refractivity contribution is -0.136. The van der Waals surface area contributed by atoms with Crippen LogP contribution in [0.4, 0.5) is 21.7 Å². The molecule has 21 heteroatoms. The van der Waals surface area contributed by atoms with Crippen LogP contribution in [0.2, 0.25) is 0 Å². The van der Waals surface area contributed by atoms with Crippen molar-refractivity contribution in [3.8, 4) is 17.0 Å². The Kier molecular flexibility index (Phi) is 14.6. The second-order valence-electron chi connectivity index (χ2n) is 18.7. The Balaban J connectivity index is 0.606. The largest absolute Gasteiger partial charge is 0.492 e. The number of piperidine rings is 2. The fourth-order valence-corrected chi connectivity index (χ4v) is 10.1. The average Bonchev–Trinajstić information content (AvgIpc) is 4.07. The zero-order chi connectivity index (χ0) is 48.8. The molecule has 0 saturated carbocycles. The van der Waals surface area contributed by atoms with Gasteiger partial charge in [-0.15, -0.1) is 5.10 Å². The Morgan fingerprint density at radius 2 is 1.56 bits per heavy atom. The summed E-state index contributed by atoms with van der Waals surface area (Å²) in [5.41, 5.74) is 3.93. The number of halogens is 1. The molecule has 3 fully saturated rings. The second-order valence-corrected chi connectivity index (χ2v) is 18.7. The zero-order valence-corrected chi connectivity index (χ0v) is 39.7. The third-order valence-electron chi connectivity index (χ3n) is 14.1. The number of benzene rings is 2. The molecule has 20 nitrogen and oxygen atoms in total. The van der Waals surface area contributed by atoms with E-state index in [0.29, 0.717) is 90.6 Å². The van der Waals surface area contributed by atoms with Gasteiger partial charge in [0.05, 0.1) is 79.0 Å². The number of nitrogens with one attached hydrogen (secondary N) is 2. The number of piperazine rings is 1. The highest BCUT2D eigenvalue weighted by Gasteiger charge is 2.45. The van der Waals surface area contributed by atoms with E-state index < -0.39 is 35.5 Å². The molecule has 6 aliphatic heterocycles. The Bertz CT molecular complexity index is 2750. The van der Waals surface area contributed by atoms with Crippen molar-refractivity contribution in [3.63, 3.8) is 0 Å². The number of hydrogen-bond acceptors (Lipinski definition) is 15. The number of aryl methyl sites for hydroxylation is 1. The van der Waals surface area contributed by atoms with Crippen LogP contribution in [0.15, 0.2) is 67.1 Å². The van der Waals surface area contributed by atoms with Gasteiger partial charge in [-0.05, 0) is 80.1 Å². The van der Waals surface area contributed by atoms with Gasteiger partial charge in [-0.1, -0.05) is 0 Å². The first-order chi connectivity index (χ1) is 34.6. The second kappa shape index (κ2) is 21.7. The lowest BCUT2D eigenvalue weighted by Gasteiger charge is -2.39. The first-order valence-electron chi connectivity index (χ1n) is 24.7. The number of amides is 5. The summed E-state index contributed by atoms with van der Waals surface area (Å²) in [7, 11) is 0.